The summed E-state index contributed by atoms with van der Waals surface area (Å²) in [4.78, 5) is 15.4. The summed E-state index contributed by atoms with van der Waals surface area (Å²) in [5.41, 5.74) is 1.00. The molecular weight excluding hydrogens is 272 g/mol. The molecule has 0 bridgehead atoms. The molecule has 0 fully saturated rings. The minimum absolute atomic E-state index is 0.0761. The van der Waals surface area contributed by atoms with Crippen LogP contribution in [0.3, 0.4) is 0 Å². The number of methoxy groups -OCH3 is 1. The average molecular weight is 284 g/mol. The van der Waals surface area contributed by atoms with E-state index in [4.69, 9.17) is 14.9 Å². The van der Waals surface area contributed by atoms with Crippen LogP contribution in [0.25, 0.3) is 0 Å². The van der Waals surface area contributed by atoms with Crippen LogP contribution in [0.5, 0.6) is 0 Å². The number of esters is 1. The first-order valence-electron chi connectivity index (χ1n) is 6.19. The van der Waals surface area contributed by atoms with Crippen molar-refractivity contribution >= 4 is 5.97 Å². The van der Waals surface area contributed by atoms with Crippen molar-refractivity contribution in [3.05, 3.63) is 40.9 Å². The molecule has 0 aliphatic heterocycles. The number of ether oxygens (including phenoxy) is 1. The zero-order chi connectivity index (χ0) is 15.4. The molecule has 0 unspecified atom stereocenters. The minimum atomic E-state index is -0.556. The molecule has 7 nitrogen and oxygen atoms in total. The highest BCUT2D eigenvalue weighted by atomic mass is 16.5. The van der Waals surface area contributed by atoms with Gasteiger partial charge in [-0.25, -0.2) is 9.78 Å². The topological polar surface area (TPSA) is 105 Å². The fraction of sp³-hybridized carbons (Fsp3) is 0.286. The van der Waals surface area contributed by atoms with Crippen molar-refractivity contribution in [1.82, 2.24) is 9.55 Å². The third kappa shape index (κ3) is 2.63. The molecule has 106 valence electrons. The van der Waals surface area contributed by atoms with Gasteiger partial charge in [0.1, 0.15) is 17.9 Å². The number of hydrogen-bond acceptors (Lipinski definition) is 6. The van der Waals surface area contributed by atoms with Crippen molar-refractivity contribution in [2.24, 2.45) is 0 Å². The Kier molecular flexibility index (Phi) is 4.05. The first kappa shape index (κ1) is 14.4. The molecule has 7 heteroatoms. The van der Waals surface area contributed by atoms with E-state index < -0.39 is 5.97 Å². The molecule has 2 aromatic heterocycles. The maximum atomic E-state index is 11.5. The molecule has 0 radical (unpaired) electrons. The Morgan fingerprint density at radius 2 is 2.24 bits per heavy atom. The quantitative estimate of drug-likeness (QED) is 0.790. The molecule has 2 aromatic rings. The summed E-state index contributed by atoms with van der Waals surface area (Å²) in [6.45, 7) is 2.18. The lowest BCUT2D eigenvalue weighted by Gasteiger charge is -2.02. The Hall–Kier alpha value is -3.06. The minimum Gasteiger partial charge on any atom is -0.463 e. The Bertz CT molecular complexity index is 758. The highest BCUT2D eigenvalue weighted by Crippen LogP contribution is 2.19. The summed E-state index contributed by atoms with van der Waals surface area (Å²) in [5, 5.41) is 18.0. The third-order valence-electron chi connectivity index (χ3n) is 2.99. The maximum Gasteiger partial charge on any atom is 0.373 e. The van der Waals surface area contributed by atoms with Gasteiger partial charge in [0.25, 0.3) is 0 Å². The van der Waals surface area contributed by atoms with Crippen LogP contribution in [-0.2, 0) is 17.7 Å². The summed E-state index contributed by atoms with van der Waals surface area (Å²) in [6, 6.07) is 5.39. The molecule has 0 aliphatic rings. The van der Waals surface area contributed by atoms with E-state index in [9.17, 15) is 4.79 Å². The standard InChI is InChI=1S/C14H12N4O3/c1-3-12-9(4-13(21-12)14(19)20-2)7-18-8-17-10(5-15)11(18)6-16/h4,8H,3,7H2,1-2H3. The zero-order valence-electron chi connectivity index (χ0n) is 11.6. The lowest BCUT2D eigenvalue weighted by atomic mass is 10.2. The molecule has 0 amide bonds. The number of rotatable bonds is 4. The molecular formula is C14H12N4O3. The normalized spacial score (nSPS) is 9.90. The van der Waals surface area contributed by atoms with Crippen molar-refractivity contribution < 1.29 is 13.9 Å². The van der Waals surface area contributed by atoms with Crippen LogP contribution in [0.2, 0.25) is 0 Å². The van der Waals surface area contributed by atoms with Crippen molar-refractivity contribution in [2.75, 3.05) is 7.11 Å². The van der Waals surface area contributed by atoms with Gasteiger partial charge in [-0.1, -0.05) is 6.92 Å². The van der Waals surface area contributed by atoms with E-state index in [1.54, 1.807) is 10.6 Å². The summed E-state index contributed by atoms with van der Waals surface area (Å²) in [7, 11) is 1.28. The van der Waals surface area contributed by atoms with Crippen molar-refractivity contribution in [2.45, 2.75) is 19.9 Å². The Labute approximate surface area is 121 Å². The van der Waals surface area contributed by atoms with Crippen molar-refractivity contribution in [3.63, 3.8) is 0 Å². The highest BCUT2D eigenvalue weighted by molar-refractivity contribution is 5.86. The Balaban J connectivity index is 2.38. The van der Waals surface area contributed by atoms with E-state index in [0.717, 1.165) is 5.56 Å². The lowest BCUT2D eigenvalue weighted by Crippen LogP contribution is -2.02. The number of imidazole rings is 1. The summed E-state index contributed by atoms with van der Waals surface area (Å²) < 4.78 is 11.6. The second-order valence-corrected chi connectivity index (χ2v) is 4.20. The number of nitrogens with zero attached hydrogens (tertiary/aromatic N) is 4. The van der Waals surface area contributed by atoms with Crippen LogP contribution in [0.4, 0.5) is 0 Å². The number of aryl methyl sites for hydroxylation is 1. The molecule has 0 atom stereocenters. The van der Waals surface area contributed by atoms with Crippen molar-refractivity contribution in [3.8, 4) is 12.1 Å². The summed E-state index contributed by atoms with van der Waals surface area (Å²) in [6.07, 6.45) is 2.01. The van der Waals surface area contributed by atoms with E-state index in [0.29, 0.717) is 18.7 Å². The SMILES string of the molecule is CCc1oc(C(=O)OC)cc1Cn1cnc(C#N)c1C#N. The molecule has 0 aliphatic carbocycles. The van der Waals surface area contributed by atoms with E-state index in [-0.39, 0.29) is 17.1 Å². The molecule has 2 heterocycles. The first-order chi connectivity index (χ1) is 10.1. The van der Waals surface area contributed by atoms with E-state index in [2.05, 4.69) is 9.72 Å². The maximum absolute atomic E-state index is 11.5. The van der Waals surface area contributed by atoms with Gasteiger partial charge in [-0.2, -0.15) is 10.5 Å². The van der Waals surface area contributed by atoms with Crippen LogP contribution in [0.15, 0.2) is 16.8 Å². The van der Waals surface area contributed by atoms with E-state index in [1.165, 1.54) is 13.4 Å². The lowest BCUT2D eigenvalue weighted by molar-refractivity contribution is 0.0563. The van der Waals surface area contributed by atoms with Gasteiger partial charge in [-0.15, -0.1) is 0 Å². The number of furan rings is 1. The molecule has 21 heavy (non-hydrogen) atoms. The molecule has 0 spiro atoms. The zero-order valence-corrected chi connectivity index (χ0v) is 11.6. The van der Waals surface area contributed by atoms with Gasteiger partial charge < -0.3 is 13.7 Å². The highest BCUT2D eigenvalue weighted by Gasteiger charge is 2.18. The second-order valence-electron chi connectivity index (χ2n) is 4.20. The predicted molar refractivity (Wildman–Crippen MR) is 70.2 cm³/mol. The van der Waals surface area contributed by atoms with Gasteiger partial charge in [-0.05, 0) is 6.07 Å². The Morgan fingerprint density at radius 3 is 2.81 bits per heavy atom. The third-order valence-corrected chi connectivity index (χ3v) is 2.99. The second kappa shape index (κ2) is 5.93. The van der Waals surface area contributed by atoms with Crippen LogP contribution >= 0.6 is 0 Å². The van der Waals surface area contributed by atoms with Crippen LogP contribution in [0.1, 0.15) is 40.2 Å². The fourth-order valence-corrected chi connectivity index (χ4v) is 1.99. The summed E-state index contributed by atoms with van der Waals surface area (Å²) >= 11 is 0. The average Bonchev–Trinajstić information content (AvgIpc) is 3.10. The van der Waals surface area contributed by atoms with E-state index >= 15 is 0 Å². The van der Waals surface area contributed by atoms with Gasteiger partial charge in [-0.3, -0.25) is 0 Å². The molecule has 0 saturated heterocycles. The first-order valence-corrected chi connectivity index (χ1v) is 6.19. The summed E-state index contributed by atoms with van der Waals surface area (Å²) in [5.74, 6) is 0.190. The number of carbonyl (C=O) groups excluding carboxylic acids is 1. The molecule has 2 rings (SSSR count). The number of nitriles is 2. The molecule has 0 aromatic carbocycles. The van der Waals surface area contributed by atoms with Gasteiger partial charge in [0.2, 0.25) is 5.76 Å². The van der Waals surface area contributed by atoms with Gasteiger partial charge in [0.05, 0.1) is 20.0 Å². The molecule has 0 N–H and O–H groups in total. The number of hydrogen-bond donors (Lipinski definition) is 0. The number of aromatic nitrogens is 2. The predicted octanol–water partition coefficient (Wildman–Crippen LogP) is 1.62. The fourth-order valence-electron chi connectivity index (χ4n) is 1.99. The van der Waals surface area contributed by atoms with Crippen LogP contribution < -0.4 is 0 Å². The van der Waals surface area contributed by atoms with Gasteiger partial charge in [0, 0.05) is 12.0 Å². The van der Waals surface area contributed by atoms with Crippen LogP contribution in [0, 0.1) is 22.7 Å². The van der Waals surface area contributed by atoms with Crippen molar-refractivity contribution in [1.29, 1.82) is 10.5 Å². The monoisotopic (exact) mass is 284 g/mol. The smallest absolute Gasteiger partial charge is 0.373 e. The number of carbonyl (C=O) groups is 1. The largest absolute Gasteiger partial charge is 0.463 e. The van der Waals surface area contributed by atoms with Gasteiger partial charge >= 0.3 is 5.97 Å². The molecule has 0 saturated carbocycles. The van der Waals surface area contributed by atoms with Crippen LogP contribution in [-0.4, -0.2) is 22.6 Å². The van der Waals surface area contributed by atoms with Gasteiger partial charge in [0.15, 0.2) is 11.4 Å². The van der Waals surface area contributed by atoms with E-state index in [1.807, 2.05) is 19.1 Å². The Morgan fingerprint density at radius 1 is 1.48 bits per heavy atom.